The van der Waals surface area contributed by atoms with E-state index in [4.69, 9.17) is 8.83 Å². The maximum absolute atomic E-state index is 6.29. The SMILES string of the molecule is Cc1cc(-c2ccccc2C)[n+](C)cc1-c1ccccc1.Cc1ccc2c(oc3c(C)cccc32)c1-c1cccc[n+]1C.Cc1ccc2c(oc3ccccc32)c1-c1cccc[n+]1C.Cc1ccccc1-c1cc(-c2ccccc2)cc[n+]1C.Cc1ccccc1-c1ccc(-c2ccccc2)c[n+]1C. The van der Waals surface area contributed by atoms with Crippen molar-refractivity contribution >= 4 is 43.9 Å². The zero-order chi connectivity index (χ0) is 72.4. The second-order valence-electron chi connectivity index (χ2n) is 27.0. The molecule has 0 bridgehead atoms. The van der Waals surface area contributed by atoms with Gasteiger partial charge in [0, 0.05) is 97.9 Å². The number of furan rings is 2. The monoisotopic (exact) mass is 1360 g/mol. The number of aromatic nitrogens is 5. The Morgan fingerprint density at radius 3 is 1.18 bits per heavy atom. The van der Waals surface area contributed by atoms with Gasteiger partial charge >= 0.3 is 0 Å². The first-order valence-corrected chi connectivity index (χ1v) is 35.7. The van der Waals surface area contributed by atoms with Crippen LogP contribution in [0.5, 0.6) is 0 Å². The molecule has 0 radical (unpaired) electrons. The largest absolute Gasteiger partial charge is 0.455 e. The average molecular weight is 1360 g/mol. The van der Waals surface area contributed by atoms with Crippen molar-refractivity contribution in [1.29, 1.82) is 0 Å². The van der Waals surface area contributed by atoms with Crippen LogP contribution in [0, 0.1) is 48.5 Å². The van der Waals surface area contributed by atoms with Crippen molar-refractivity contribution < 1.29 is 31.7 Å². The zero-order valence-corrected chi connectivity index (χ0v) is 61.7. The predicted molar refractivity (Wildman–Crippen MR) is 429 cm³/mol. The molecule has 0 N–H and O–H groups in total. The maximum Gasteiger partial charge on any atom is 0.216 e. The quantitative estimate of drug-likeness (QED) is 0.142. The molecule has 10 aromatic carbocycles. The lowest BCUT2D eigenvalue weighted by Crippen LogP contribution is -2.31. The summed E-state index contributed by atoms with van der Waals surface area (Å²) < 4.78 is 23.3. The number of fused-ring (bicyclic) bond motifs is 6. The summed E-state index contributed by atoms with van der Waals surface area (Å²) in [6.45, 7) is 15.0. The summed E-state index contributed by atoms with van der Waals surface area (Å²) in [5.74, 6) is 0. The lowest BCUT2D eigenvalue weighted by Gasteiger charge is -2.09. The molecule has 0 spiro atoms. The van der Waals surface area contributed by atoms with E-state index in [1.165, 1.54) is 150 Å². The molecule has 0 atom stereocenters. The fourth-order valence-electron chi connectivity index (χ4n) is 14.0. The summed E-state index contributed by atoms with van der Waals surface area (Å²) in [6.07, 6.45) is 10.7. The highest BCUT2D eigenvalue weighted by molar-refractivity contribution is 6.11. The zero-order valence-electron chi connectivity index (χ0n) is 61.7. The molecule has 104 heavy (non-hydrogen) atoms. The van der Waals surface area contributed by atoms with Crippen molar-refractivity contribution in [3.63, 3.8) is 0 Å². The third-order valence-corrected chi connectivity index (χ3v) is 19.8. The topological polar surface area (TPSA) is 45.7 Å². The highest BCUT2D eigenvalue weighted by Crippen LogP contribution is 2.40. The molecular weight excluding hydrogens is 1270 g/mol. The van der Waals surface area contributed by atoms with Crippen LogP contribution in [0.4, 0.5) is 0 Å². The van der Waals surface area contributed by atoms with Gasteiger partial charge in [0.1, 0.15) is 57.6 Å². The standard InChI is InChI=1S/C20H18NO.C20H20N.C19H16NO.2C19H18N/c1-13-10-11-16-15-8-6-7-14(2)19(15)22-20(16)18(13)17-9-4-5-12-21(17)3;1-15-9-7-8-12-18(15)20-13-16(2)19(14-21(20)3)17-10-5-4-6-11-17;1-13-10-11-15-14-7-3-4-9-17(14)21-19(15)18(13)16-8-5-6-12-20(16)2;1-15-8-6-7-11-18(15)19-14-17(12-13-20(19)2)16-9-4-3-5-10-16;1-15-8-6-7-11-18(15)19-13-12-17(14-20(19)2)16-9-4-3-5-10-16/h4-12H,1-3H3;4-14H,1-3H3;3-12H,1-2H3;2*3-14H,1-2H3/q5*+1. The first kappa shape index (κ1) is 70.0. The van der Waals surface area contributed by atoms with E-state index >= 15 is 0 Å². The Morgan fingerprint density at radius 1 is 0.212 bits per heavy atom. The van der Waals surface area contributed by atoms with Crippen molar-refractivity contribution in [3.8, 4) is 89.7 Å². The summed E-state index contributed by atoms with van der Waals surface area (Å²) in [5.41, 5.74) is 32.6. The normalized spacial score (nSPS) is 10.9. The number of hydrogen-bond donors (Lipinski definition) is 0. The third-order valence-electron chi connectivity index (χ3n) is 19.8. The maximum atomic E-state index is 6.29. The number of nitrogens with zero attached hydrogens (tertiary/aromatic N) is 5. The Hall–Kier alpha value is -12.5. The van der Waals surface area contributed by atoms with Crippen molar-refractivity contribution in [1.82, 2.24) is 0 Å². The van der Waals surface area contributed by atoms with E-state index in [-0.39, 0.29) is 0 Å². The van der Waals surface area contributed by atoms with Crippen LogP contribution in [0.2, 0.25) is 0 Å². The minimum atomic E-state index is 0.943. The van der Waals surface area contributed by atoms with E-state index in [1.54, 1.807) is 0 Å². The van der Waals surface area contributed by atoms with Crippen LogP contribution in [0.3, 0.4) is 0 Å². The molecule has 0 amide bonds. The van der Waals surface area contributed by atoms with E-state index in [9.17, 15) is 0 Å². The van der Waals surface area contributed by atoms with Crippen molar-refractivity contribution in [2.24, 2.45) is 35.2 Å². The molecule has 0 aliphatic rings. The smallest absolute Gasteiger partial charge is 0.216 e. The summed E-state index contributed by atoms with van der Waals surface area (Å²) in [4.78, 5) is 0. The summed E-state index contributed by atoms with van der Waals surface area (Å²) in [6, 6.07) is 104. The van der Waals surface area contributed by atoms with Gasteiger partial charge < -0.3 is 8.83 Å². The van der Waals surface area contributed by atoms with Crippen LogP contribution >= 0.6 is 0 Å². The second-order valence-corrected chi connectivity index (χ2v) is 27.0. The lowest BCUT2D eigenvalue weighted by atomic mass is 9.98. The molecule has 7 heteroatoms. The van der Waals surface area contributed by atoms with Gasteiger partial charge in [-0.2, -0.15) is 0 Å². The van der Waals surface area contributed by atoms with E-state index < -0.39 is 0 Å². The number of rotatable bonds is 8. The molecule has 7 nitrogen and oxygen atoms in total. The highest BCUT2D eigenvalue weighted by atomic mass is 16.3. The Balaban J connectivity index is 0.000000116. The van der Waals surface area contributed by atoms with E-state index in [0.717, 1.165) is 22.3 Å². The van der Waals surface area contributed by atoms with Crippen LogP contribution in [-0.4, -0.2) is 0 Å². The average Bonchev–Trinajstić information content (AvgIpc) is 1.60. The fourth-order valence-corrected chi connectivity index (χ4v) is 14.0. The summed E-state index contributed by atoms with van der Waals surface area (Å²) in [7, 11) is 10.5. The number of pyridine rings is 5. The molecule has 0 aliphatic carbocycles. The van der Waals surface area contributed by atoms with Crippen molar-refractivity contribution in [2.45, 2.75) is 48.5 Å². The molecule has 0 fully saturated rings. The highest BCUT2D eigenvalue weighted by Gasteiger charge is 2.23. The molecule has 7 aromatic heterocycles. The first-order valence-electron chi connectivity index (χ1n) is 35.7. The predicted octanol–water partition coefficient (Wildman–Crippen LogP) is 21.8. The number of hydrogen-bond acceptors (Lipinski definition) is 2. The second kappa shape index (κ2) is 31.6. The summed E-state index contributed by atoms with van der Waals surface area (Å²) >= 11 is 0. The lowest BCUT2D eigenvalue weighted by molar-refractivity contribution is -0.660. The first-order chi connectivity index (χ1) is 50.6. The van der Waals surface area contributed by atoms with Gasteiger partial charge in [-0.15, -0.1) is 0 Å². The molecule has 0 unspecified atom stereocenters. The molecule has 0 aliphatic heterocycles. The number of aryl methyl sites for hydroxylation is 12. The molecule has 0 saturated carbocycles. The Kier molecular flexibility index (Phi) is 21.3. The van der Waals surface area contributed by atoms with Gasteiger partial charge in [-0.25, -0.2) is 22.8 Å². The molecular formula is C97H90N5O2+5. The van der Waals surface area contributed by atoms with Gasteiger partial charge in [-0.1, -0.05) is 206 Å². The van der Waals surface area contributed by atoms with Crippen LogP contribution in [0.1, 0.15) is 38.9 Å². The molecule has 17 rings (SSSR count). The van der Waals surface area contributed by atoms with E-state index in [1.807, 2.05) is 30.3 Å². The molecule has 17 aromatic rings. The van der Waals surface area contributed by atoms with Crippen molar-refractivity contribution in [2.75, 3.05) is 0 Å². The Morgan fingerprint density at radius 2 is 0.635 bits per heavy atom. The fraction of sp³-hybridized carbons (Fsp3) is 0.124. The van der Waals surface area contributed by atoms with Gasteiger partial charge in [0.25, 0.3) is 0 Å². The van der Waals surface area contributed by atoms with E-state index in [0.29, 0.717) is 0 Å². The molecule has 510 valence electrons. The van der Waals surface area contributed by atoms with Crippen LogP contribution in [-0.2, 0) is 35.2 Å². The third kappa shape index (κ3) is 15.1. The Labute approximate surface area is 612 Å². The van der Waals surface area contributed by atoms with Crippen LogP contribution in [0.25, 0.3) is 134 Å². The summed E-state index contributed by atoms with van der Waals surface area (Å²) in [5, 5.41) is 4.72. The van der Waals surface area contributed by atoms with Gasteiger partial charge in [0.15, 0.2) is 31.0 Å². The number of para-hydroxylation sites is 2. The minimum absolute atomic E-state index is 0.943. The molecule has 0 saturated heterocycles. The Bertz CT molecular complexity index is 5890. The van der Waals surface area contributed by atoms with Crippen LogP contribution < -0.4 is 22.8 Å². The van der Waals surface area contributed by atoms with Gasteiger partial charge in [0.05, 0.1) is 11.1 Å². The van der Waals surface area contributed by atoms with Gasteiger partial charge in [-0.3, -0.25) is 0 Å². The number of benzene rings is 10. The van der Waals surface area contributed by atoms with Crippen molar-refractivity contribution in [3.05, 3.63) is 367 Å². The van der Waals surface area contributed by atoms with Gasteiger partial charge in [-0.05, 0) is 152 Å². The minimum Gasteiger partial charge on any atom is -0.455 e. The van der Waals surface area contributed by atoms with Gasteiger partial charge in [0.2, 0.25) is 28.5 Å². The van der Waals surface area contributed by atoms with E-state index in [2.05, 4.69) is 404 Å². The van der Waals surface area contributed by atoms with Crippen LogP contribution in [0.15, 0.2) is 337 Å². The molecule has 7 heterocycles.